The van der Waals surface area contributed by atoms with E-state index in [9.17, 15) is 9.59 Å². The molecule has 5 nitrogen and oxygen atoms in total. The topological polar surface area (TPSA) is 61.4 Å². The van der Waals surface area contributed by atoms with Crippen LogP contribution in [0.25, 0.3) is 0 Å². The predicted molar refractivity (Wildman–Crippen MR) is 108 cm³/mol. The van der Waals surface area contributed by atoms with Crippen molar-refractivity contribution in [3.8, 4) is 0 Å². The van der Waals surface area contributed by atoms with E-state index < -0.39 is 0 Å². The number of hydrogen-bond acceptors (Lipinski definition) is 3. The number of benzene rings is 1. The van der Waals surface area contributed by atoms with E-state index in [0.717, 1.165) is 45.4 Å². The summed E-state index contributed by atoms with van der Waals surface area (Å²) in [6, 6.07) is 7.22. The lowest BCUT2D eigenvalue weighted by Gasteiger charge is -2.30. The fourth-order valence-electron chi connectivity index (χ4n) is 3.27. The molecule has 0 aromatic heterocycles. The second kappa shape index (κ2) is 11.2. The molecule has 0 bridgehead atoms. The SMILES string of the molecule is CCCN(CCC)C(=O)c1cccc(C(=O)NC2CNCCC2C)c1.Cl. The van der Waals surface area contributed by atoms with Gasteiger partial charge < -0.3 is 15.5 Å². The van der Waals surface area contributed by atoms with E-state index in [4.69, 9.17) is 0 Å². The second-order valence-corrected chi connectivity index (χ2v) is 6.92. The zero-order chi connectivity index (χ0) is 18.2. The molecule has 2 unspecified atom stereocenters. The average molecular weight is 382 g/mol. The first-order valence-electron chi connectivity index (χ1n) is 9.47. The van der Waals surface area contributed by atoms with Crippen molar-refractivity contribution in [2.24, 2.45) is 5.92 Å². The highest BCUT2D eigenvalue weighted by Crippen LogP contribution is 2.14. The molecule has 0 spiro atoms. The smallest absolute Gasteiger partial charge is 0.253 e. The summed E-state index contributed by atoms with van der Waals surface area (Å²) in [4.78, 5) is 27.2. The molecule has 0 saturated carbocycles. The van der Waals surface area contributed by atoms with E-state index in [1.54, 1.807) is 24.3 Å². The van der Waals surface area contributed by atoms with Crippen molar-refractivity contribution in [3.05, 3.63) is 35.4 Å². The number of nitrogens with zero attached hydrogens (tertiary/aromatic N) is 1. The molecule has 1 aromatic rings. The molecule has 2 rings (SSSR count). The normalized spacial score (nSPS) is 19.3. The lowest BCUT2D eigenvalue weighted by Crippen LogP contribution is -2.50. The number of rotatable bonds is 7. The first kappa shape index (κ1) is 22.5. The molecule has 1 aromatic carbocycles. The van der Waals surface area contributed by atoms with Gasteiger partial charge in [-0.1, -0.05) is 26.8 Å². The number of piperidine rings is 1. The van der Waals surface area contributed by atoms with Crippen LogP contribution in [0.4, 0.5) is 0 Å². The van der Waals surface area contributed by atoms with Gasteiger partial charge in [0.05, 0.1) is 0 Å². The van der Waals surface area contributed by atoms with Crippen LogP contribution < -0.4 is 10.6 Å². The Kier molecular flexibility index (Phi) is 9.66. The van der Waals surface area contributed by atoms with E-state index in [0.29, 0.717) is 17.0 Å². The van der Waals surface area contributed by atoms with Gasteiger partial charge in [0.25, 0.3) is 11.8 Å². The molecular formula is C20H32ClN3O2. The maximum absolute atomic E-state index is 12.7. The van der Waals surface area contributed by atoms with Crippen LogP contribution in [0.5, 0.6) is 0 Å². The Hall–Kier alpha value is -1.59. The van der Waals surface area contributed by atoms with Crippen molar-refractivity contribution in [2.75, 3.05) is 26.2 Å². The van der Waals surface area contributed by atoms with Gasteiger partial charge in [0, 0.05) is 36.8 Å². The van der Waals surface area contributed by atoms with Crippen LogP contribution in [0.2, 0.25) is 0 Å². The number of carbonyl (C=O) groups excluding carboxylic acids is 2. The Bertz CT molecular complexity index is 588. The fourth-order valence-corrected chi connectivity index (χ4v) is 3.27. The fraction of sp³-hybridized carbons (Fsp3) is 0.600. The first-order valence-corrected chi connectivity index (χ1v) is 9.47. The largest absolute Gasteiger partial charge is 0.348 e. The van der Waals surface area contributed by atoms with Gasteiger partial charge in [-0.3, -0.25) is 9.59 Å². The van der Waals surface area contributed by atoms with E-state index >= 15 is 0 Å². The maximum atomic E-state index is 12.7. The minimum absolute atomic E-state index is 0. The van der Waals surface area contributed by atoms with E-state index in [1.165, 1.54) is 0 Å². The lowest BCUT2D eigenvalue weighted by atomic mass is 9.94. The number of nitrogens with one attached hydrogen (secondary N) is 2. The molecule has 0 aliphatic carbocycles. The highest BCUT2D eigenvalue weighted by molar-refractivity contribution is 5.99. The summed E-state index contributed by atoms with van der Waals surface area (Å²) in [7, 11) is 0. The van der Waals surface area contributed by atoms with Gasteiger partial charge in [-0.05, 0) is 49.9 Å². The zero-order valence-corrected chi connectivity index (χ0v) is 16.9. The minimum atomic E-state index is -0.104. The van der Waals surface area contributed by atoms with Crippen molar-refractivity contribution < 1.29 is 9.59 Å². The molecule has 6 heteroatoms. The van der Waals surface area contributed by atoms with Crippen LogP contribution in [-0.4, -0.2) is 48.9 Å². The molecular weight excluding hydrogens is 350 g/mol. The molecule has 1 heterocycles. The molecule has 1 saturated heterocycles. The highest BCUT2D eigenvalue weighted by Gasteiger charge is 2.23. The lowest BCUT2D eigenvalue weighted by molar-refractivity contribution is 0.0755. The van der Waals surface area contributed by atoms with Crippen LogP contribution >= 0.6 is 12.4 Å². The summed E-state index contributed by atoms with van der Waals surface area (Å²) in [5.74, 6) is 0.360. The van der Waals surface area contributed by atoms with Crippen molar-refractivity contribution in [3.63, 3.8) is 0 Å². The second-order valence-electron chi connectivity index (χ2n) is 6.92. The Labute approximate surface area is 163 Å². The molecule has 1 aliphatic rings. The molecule has 2 amide bonds. The number of amides is 2. The third kappa shape index (κ3) is 5.99. The molecule has 1 fully saturated rings. The predicted octanol–water partition coefficient (Wildman–Crippen LogP) is 3.10. The van der Waals surface area contributed by atoms with Gasteiger partial charge in [0.15, 0.2) is 0 Å². The number of halogens is 1. The summed E-state index contributed by atoms with van der Waals surface area (Å²) >= 11 is 0. The van der Waals surface area contributed by atoms with Crippen LogP contribution in [0.15, 0.2) is 24.3 Å². The minimum Gasteiger partial charge on any atom is -0.348 e. The quantitative estimate of drug-likeness (QED) is 0.762. The van der Waals surface area contributed by atoms with Crippen LogP contribution in [0, 0.1) is 5.92 Å². The van der Waals surface area contributed by atoms with Crippen molar-refractivity contribution >= 4 is 24.2 Å². The van der Waals surface area contributed by atoms with Crippen molar-refractivity contribution in [1.82, 2.24) is 15.5 Å². The van der Waals surface area contributed by atoms with Crippen molar-refractivity contribution in [2.45, 2.75) is 46.1 Å². The van der Waals surface area contributed by atoms with Crippen LogP contribution in [-0.2, 0) is 0 Å². The molecule has 0 radical (unpaired) electrons. The van der Waals surface area contributed by atoms with Crippen molar-refractivity contribution in [1.29, 1.82) is 0 Å². The third-order valence-electron chi connectivity index (χ3n) is 4.79. The zero-order valence-electron chi connectivity index (χ0n) is 16.1. The molecule has 146 valence electrons. The Morgan fingerprint density at radius 2 is 1.85 bits per heavy atom. The van der Waals surface area contributed by atoms with Gasteiger partial charge >= 0.3 is 0 Å². The molecule has 26 heavy (non-hydrogen) atoms. The standard InChI is InChI=1S/C20H31N3O2.ClH/c1-4-11-23(12-5-2)20(25)17-8-6-7-16(13-17)19(24)22-18-14-21-10-9-15(18)3;/h6-8,13,15,18,21H,4-5,9-12,14H2,1-3H3,(H,22,24);1H. The van der Waals surface area contributed by atoms with Gasteiger partial charge in [-0.2, -0.15) is 0 Å². The molecule has 2 atom stereocenters. The van der Waals surface area contributed by atoms with Gasteiger partial charge in [-0.25, -0.2) is 0 Å². The summed E-state index contributed by atoms with van der Waals surface area (Å²) in [6.45, 7) is 9.59. The molecule has 2 N–H and O–H groups in total. The van der Waals surface area contributed by atoms with Gasteiger partial charge in [0.1, 0.15) is 0 Å². The first-order chi connectivity index (χ1) is 12.1. The highest BCUT2D eigenvalue weighted by atomic mass is 35.5. The average Bonchev–Trinajstić information content (AvgIpc) is 2.63. The summed E-state index contributed by atoms with van der Waals surface area (Å²) in [6.07, 6.45) is 2.92. The Morgan fingerprint density at radius 1 is 1.19 bits per heavy atom. The van der Waals surface area contributed by atoms with E-state index in [1.807, 2.05) is 4.90 Å². The third-order valence-corrected chi connectivity index (χ3v) is 4.79. The van der Waals surface area contributed by atoms with Crippen LogP contribution in [0.1, 0.15) is 60.7 Å². The van der Waals surface area contributed by atoms with Gasteiger partial charge in [0.2, 0.25) is 0 Å². The number of hydrogen-bond donors (Lipinski definition) is 2. The number of carbonyl (C=O) groups is 2. The Morgan fingerprint density at radius 3 is 2.46 bits per heavy atom. The Balaban J connectivity index is 0.00000338. The summed E-state index contributed by atoms with van der Waals surface area (Å²) in [5, 5.41) is 6.42. The monoisotopic (exact) mass is 381 g/mol. The maximum Gasteiger partial charge on any atom is 0.253 e. The van der Waals surface area contributed by atoms with E-state index in [2.05, 4.69) is 31.4 Å². The van der Waals surface area contributed by atoms with E-state index in [-0.39, 0.29) is 30.3 Å². The van der Waals surface area contributed by atoms with Crippen LogP contribution in [0.3, 0.4) is 0 Å². The van der Waals surface area contributed by atoms with Gasteiger partial charge in [-0.15, -0.1) is 12.4 Å². The summed E-state index contributed by atoms with van der Waals surface area (Å²) < 4.78 is 0. The molecule has 1 aliphatic heterocycles. The summed E-state index contributed by atoms with van der Waals surface area (Å²) in [5.41, 5.74) is 1.14.